The van der Waals surface area contributed by atoms with E-state index in [4.69, 9.17) is 0 Å². The zero-order chi connectivity index (χ0) is 9.42. The summed E-state index contributed by atoms with van der Waals surface area (Å²) in [7, 11) is 0. The van der Waals surface area contributed by atoms with Gasteiger partial charge >= 0.3 is 0 Å². The Morgan fingerprint density at radius 3 is 2.92 bits per heavy atom. The van der Waals surface area contributed by atoms with Gasteiger partial charge in [0.25, 0.3) is 0 Å². The summed E-state index contributed by atoms with van der Waals surface area (Å²) in [5.74, 6) is -0.199. The Labute approximate surface area is 80.4 Å². The first-order chi connectivity index (χ1) is 6.20. The average Bonchev–Trinajstić information content (AvgIpc) is 2.15. The van der Waals surface area contributed by atoms with E-state index in [1.165, 1.54) is 0 Å². The minimum absolute atomic E-state index is 0.107. The maximum atomic E-state index is 11.5. The molecular weight excluding hydrogens is 184 g/mol. The second-order valence-electron chi connectivity index (χ2n) is 2.98. The first-order valence-corrected chi connectivity index (χ1v) is 4.87. The molecule has 3 heteroatoms. The van der Waals surface area contributed by atoms with E-state index in [0.717, 1.165) is 29.5 Å². The average molecular weight is 192 g/mol. The highest BCUT2D eigenvalue weighted by molar-refractivity contribution is 8.17. The zero-order valence-corrected chi connectivity index (χ0v) is 7.82. The number of allylic oxidation sites excluding steroid dienone is 4. The topological polar surface area (TPSA) is 34.1 Å². The fraction of sp³-hybridized carbons (Fsp3) is 0.200. The summed E-state index contributed by atoms with van der Waals surface area (Å²) in [6.07, 6.45) is 5.48. The Bertz CT molecular complexity index is 374. The van der Waals surface area contributed by atoms with E-state index >= 15 is 0 Å². The lowest BCUT2D eigenvalue weighted by molar-refractivity contribution is -0.115. The van der Waals surface area contributed by atoms with Gasteiger partial charge in [-0.05, 0) is 12.8 Å². The van der Waals surface area contributed by atoms with E-state index in [1.807, 2.05) is 6.08 Å². The summed E-state index contributed by atoms with van der Waals surface area (Å²) in [5.41, 5.74) is 0.774. The highest BCUT2D eigenvalue weighted by Gasteiger charge is 2.29. The highest BCUT2D eigenvalue weighted by atomic mass is 32.2. The molecule has 0 N–H and O–H groups in total. The minimum Gasteiger partial charge on any atom is -0.288 e. The SMILES string of the molecule is C=C1C(=O)SC2=C(C=CCC2)C1=O. The van der Waals surface area contributed by atoms with Gasteiger partial charge in [0.2, 0.25) is 5.12 Å². The van der Waals surface area contributed by atoms with E-state index in [2.05, 4.69) is 6.58 Å². The molecule has 0 atom stereocenters. The molecule has 0 spiro atoms. The number of hydrogen-bond donors (Lipinski definition) is 0. The fourth-order valence-electron chi connectivity index (χ4n) is 1.38. The van der Waals surface area contributed by atoms with Gasteiger partial charge in [-0.3, -0.25) is 9.59 Å². The predicted molar refractivity (Wildman–Crippen MR) is 52.1 cm³/mol. The molecule has 0 aromatic carbocycles. The Kier molecular flexibility index (Phi) is 1.96. The van der Waals surface area contributed by atoms with Crippen molar-refractivity contribution < 1.29 is 9.59 Å². The first kappa shape index (κ1) is 8.51. The van der Waals surface area contributed by atoms with Gasteiger partial charge in [0.1, 0.15) is 0 Å². The van der Waals surface area contributed by atoms with Crippen LogP contribution in [-0.2, 0) is 9.59 Å². The van der Waals surface area contributed by atoms with Crippen LogP contribution in [0.1, 0.15) is 12.8 Å². The van der Waals surface area contributed by atoms with Gasteiger partial charge in [-0.2, -0.15) is 0 Å². The van der Waals surface area contributed by atoms with E-state index in [0.29, 0.717) is 5.57 Å². The standard InChI is InChI=1S/C10H8O2S/c1-6-9(11)7-4-2-3-5-8(7)13-10(6)12/h2,4H,1,3,5H2. The number of carbonyl (C=O) groups is 2. The fourth-order valence-corrected chi connectivity index (χ4v) is 2.31. The maximum absolute atomic E-state index is 11.5. The van der Waals surface area contributed by atoms with Crippen LogP contribution in [0.15, 0.2) is 34.8 Å². The lowest BCUT2D eigenvalue weighted by Gasteiger charge is -2.19. The molecule has 66 valence electrons. The number of ketones is 1. The predicted octanol–water partition coefficient (Wildman–Crippen LogP) is 1.99. The molecule has 1 aliphatic heterocycles. The normalized spacial score (nSPS) is 22.3. The van der Waals surface area contributed by atoms with Crippen LogP contribution in [0.25, 0.3) is 0 Å². The molecule has 2 nitrogen and oxygen atoms in total. The van der Waals surface area contributed by atoms with Gasteiger partial charge < -0.3 is 0 Å². The molecule has 1 aliphatic carbocycles. The molecule has 0 fully saturated rings. The number of hydrogen-bond acceptors (Lipinski definition) is 3. The summed E-state index contributed by atoms with van der Waals surface area (Å²) in [4.78, 5) is 23.7. The van der Waals surface area contributed by atoms with Crippen LogP contribution in [0.5, 0.6) is 0 Å². The molecule has 0 unspecified atom stereocenters. The molecule has 0 radical (unpaired) electrons. The van der Waals surface area contributed by atoms with Crippen molar-refractivity contribution in [1.82, 2.24) is 0 Å². The first-order valence-electron chi connectivity index (χ1n) is 4.05. The summed E-state index contributed by atoms with van der Waals surface area (Å²) < 4.78 is 0. The molecular formula is C10H8O2S. The van der Waals surface area contributed by atoms with Crippen molar-refractivity contribution in [2.75, 3.05) is 0 Å². The largest absolute Gasteiger partial charge is 0.288 e. The molecule has 2 rings (SSSR count). The van der Waals surface area contributed by atoms with Crippen LogP contribution in [0, 0.1) is 0 Å². The van der Waals surface area contributed by atoms with Gasteiger partial charge in [0, 0.05) is 10.5 Å². The highest BCUT2D eigenvalue weighted by Crippen LogP contribution is 2.37. The molecule has 0 amide bonds. The zero-order valence-electron chi connectivity index (χ0n) is 7.00. The van der Waals surface area contributed by atoms with Crippen LogP contribution in [-0.4, -0.2) is 10.9 Å². The van der Waals surface area contributed by atoms with Crippen molar-refractivity contribution >= 4 is 22.7 Å². The second-order valence-corrected chi connectivity index (χ2v) is 4.04. The van der Waals surface area contributed by atoms with Crippen molar-refractivity contribution in [1.29, 1.82) is 0 Å². The van der Waals surface area contributed by atoms with Crippen molar-refractivity contribution in [2.45, 2.75) is 12.8 Å². The van der Waals surface area contributed by atoms with Crippen molar-refractivity contribution in [2.24, 2.45) is 0 Å². The Hall–Kier alpha value is -1.09. The lowest BCUT2D eigenvalue weighted by Crippen LogP contribution is -2.18. The van der Waals surface area contributed by atoms with Gasteiger partial charge in [0.15, 0.2) is 5.78 Å². The molecule has 0 aromatic heterocycles. The monoisotopic (exact) mass is 192 g/mol. The summed E-state index contributed by atoms with van der Waals surface area (Å²) >= 11 is 1.15. The number of Topliss-reactive ketones (excluding diaryl/α,β-unsaturated/α-hetero) is 1. The van der Waals surface area contributed by atoms with E-state index in [-0.39, 0.29) is 16.5 Å². The molecule has 13 heavy (non-hydrogen) atoms. The molecule has 2 aliphatic rings. The summed E-state index contributed by atoms with van der Waals surface area (Å²) in [6.45, 7) is 3.48. The maximum Gasteiger partial charge on any atom is 0.227 e. The number of thioether (sulfide) groups is 1. The van der Waals surface area contributed by atoms with Gasteiger partial charge in [0.05, 0.1) is 5.57 Å². The van der Waals surface area contributed by atoms with E-state index < -0.39 is 0 Å². The third-order valence-corrected chi connectivity index (χ3v) is 3.21. The molecule has 0 saturated heterocycles. The smallest absolute Gasteiger partial charge is 0.227 e. The quantitative estimate of drug-likeness (QED) is 0.435. The van der Waals surface area contributed by atoms with Gasteiger partial charge in [-0.1, -0.05) is 30.5 Å². The summed E-state index contributed by atoms with van der Waals surface area (Å²) in [5, 5.41) is -0.195. The van der Waals surface area contributed by atoms with E-state index in [9.17, 15) is 9.59 Å². The summed E-state index contributed by atoms with van der Waals surface area (Å²) in [6, 6.07) is 0. The molecule has 0 saturated carbocycles. The van der Waals surface area contributed by atoms with Crippen LogP contribution in [0.3, 0.4) is 0 Å². The minimum atomic E-state index is -0.199. The van der Waals surface area contributed by atoms with Crippen LogP contribution < -0.4 is 0 Å². The van der Waals surface area contributed by atoms with Gasteiger partial charge in [-0.25, -0.2) is 0 Å². The number of rotatable bonds is 0. The molecule has 0 bridgehead atoms. The number of carbonyl (C=O) groups excluding carboxylic acids is 2. The van der Waals surface area contributed by atoms with Crippen molar-refractivity contribution in [3.63, 3.8) is 0 Å². The van der Waals surface area contributed by atoms with Crippen LogP contribution in [0.4, 0.5) is 0 Å². The molecule has 1 heterocycles. The van der Waals surface area contributed by atoms with Crippen LogP contribution in [0.2, 0.25) is 0 Å². The Morgan fingerprint density at radius 1 is 1.38 bits per heavy atom. The third kappa shape index (κ3) is 1.29. The van der Waals surface area contributed by atoms with Gasteiger partial charge in [-0.15, -0.1) is 0 Å². The third-order valence-electron chi connectivity index (χ3n) is 2.10. The lowest BCUT2D eigenvalue weighted by atomic mass is 9.99. The molecule has 0 aromatic rings. The second kappa shape index (κ2) is 3.00. The van der Waals surface area contributed by atoms with Crippen molar-refractivity contribution in [3.8, 4) is 0 Å². The van der Waals surface area contributed by atoms with Crippen molar-refractivity contribution in [3.05, 3.63) is 34.8 Å². The van der Waals surface area contributed by atoms with Crippen LogP contribution >= 0.6 is 11.8 Å². The van der Waals surface area contributed by atoms with E-state index in [1.54, 1.807) is 6.08 Å². The Morgan fingerprint density at radius 2 is 2.15 bits per heavy atom. The Balaban J connectivity index is 2.48.